The van der Waals surface area contributed by atoms with Crippen molar-refractivity contribution in [3.8, 4) is 0 Å². The van der Waals surface area contributed by atoms with Crippen LogP contribution in [0.4, 0.5) is 10.5 Å². The zero-order valence-corrected chi connectivity index (χ0v) is 20.0. The van der Waals surface area contributed by atoms with Gasteiger partial charge in [0.1, 0.15) is 5.60 Å². The van der Waals surface area contributed by atoms with Gasteiger partial charge in [0.05, 0.1) is 12.5 Å². The summed E-state index contributed by atoms with van der Waals surface area (Å²) in [5, 5.41) is 5.66. The molecule has 0 spiro atoms. The van der Waals surface area contributed by atoms with Gasteiger partial charge >= 0.3 is 6.09 Å². The summed E-state index contributed by atoms with van der Waals surface area (Å²) in [5.41, 5.74) is 3.51. The number of rotatable bonds is 9. The Morgan fingerprint density at radius 3 is 2.39 bits per heavy atom. The zero-order valence-electron chi connectivity index (χ0n) is 20.0. The Labute approximate surface area is 195 Å². The summed E-state index contributed by atoms with van der Waals surface area (Å²) in [6.07, 6.45) is 2.87. The van der Waals surface area contributed by atoms with Crippen LogP contribution in [0.2, 0.25) is 0 Å². The molecule has 2 aromatic carbocycles. The number of anilines is 1. The van der Waals surface area contributed by atoms with Gasteiger partial charge in [-0.1, -0.05) is 43.0 Å². The molecule has 0 fully saturated rings. The molecule has 1 atom stereocenters. The lowest BCUT2D eigenvalue weighted by Gasteiger charge is -2.22. The predicted molar refractivity (Wildman–Crippen MR) is 133 cm³/mol. The van der Waals surface area contributed by atoms with Crippen molar-refractivity contribution >= 4 is 30.0 Å². The molecule has 0 aliphatic heterocycles. The van der Waals surface area contributed by atoms with Crippen LogP contribution >= 0.6 is 0 Å². The Kier molecular flexibility index (Phi) is 9.36. The summed E-state index contributed by atoms with van der Waals surface area (Å²) < 4.78 is 10.5. The molecule has 0 aromatic heterocycles. The molecule has 176 valence electrons. The van der Waals surface area contributed by atoms with Gasteiger partial charge < -0.3 is 20.1 Å². The normalized spacial score (nSPS) is 12.3. The summed E-state index contributed by atoms with van der Waals surface area (Å²) in [6.45, 7) is 9.75. The number of amides is 2. The maximum Gasteiger partial charge on any atom is 0.407 e. The van der Waals surface area contributed by atoms with Crippen molar-refractivity contribution in [3.63, 3.8) is 0 Å². The second-order valence-corrected chi connectivity index (χ2v) is 8.53. The number of alkyl carbamates (subject to hydrolysis) is 1. The maximum absolute atomic E-state index is 13.3. The lowest BCUT2D eigenvalue weighted by molar-refractivity contribution is -0.117. The highest BCUT2D eigenvalue weighted by atomic mass is 16.6. The molecule has 2 amide bonds. The topological polar surface area (TPSA) is 89.0 Å². The van der Waals surface area contributed by atoms with Crippen molar-refractivity contribution in [2.45, 2.75) is 38.9 Å². The van der Waals surface area contributed by atoms with Gasteiger partial charge in [0.2, 0.25) is 5.91 Å². The Morgan fingerprint density at radius 2 is 1.82 bits per heavy atom. The van der Waals surface area contributed by atoms with Crippen molar-refractivity contribution < 1.29 is 19.1 Å². The molecular weight excluding hydrogens is 418 g/mol. The van der Waals surface area contributed by atoms with E-state index in [0.717, 1.165) is 22.3 Å². The molecule has 2 rings (SSSR count). The first kappa shape index (κ1) is 25.8. The molecule has 0 heterocycles. The molecule has 7 heteroatoms. The smallest absolute Gasteiger partial charge is 0.407 e. The monoisotopic (exact) mass is 451 g/mol. The Hall–Kier alpha value is -3.45. The molecule has 0 bridgehead atoms. The number of benzene rings is 2. The van der Waals surface area contributed by atoms with Gasteiger partial charge in [-0.2, -0.15) is 0 Å². The average molecular weight is 452 g/mol. The Balaban J connectivity index is 2.25. The number of ether oxygens (including phenoxy) is 2. The van der Waals surface area contributed by atoms with Crippen molar-refractivity contribution in [2.75, 3.05) is 26.0 Å². The van der Waals surface area contributed by atoms with Crippen molar-refractivity contribution in [3.05, 3.63) is 71.3 Å². The van der Waals surface area contributed by atoms with Crippen LogP contribution in [0.5, 0.6) is 0 Å². The third kappa shape index (κ3) is 8.20. The van der Waals surface area contributed by atoms with E-state index in [9.17, 15) is 9.59 Å². The molecule has 0 saturated carbocycles. The van der Waals surface area contributed by atoms with E-state index in [4.69, 9.17) is 9.47 Å². The van der Waals surface area contributed by atoms with Gasteiger partial charge in [-0.3, -0.25) is 9.79 Å². The van der Waals surface area contributed by atoms with E-state index >= 15 is 0 Å². The van der Waals surface area contributed by atoms with E-state index in [0.29, 0.717) is 12.3 Å². The summed E-state index contributed by atoms with van der Waals surface area (Å²) in [7, 11) is 3.33. The van der Waals surface area contributed by atoms with E-state index in [1.807, 2.05) is 42.5 Å². The molecule has 0 radical (unpaired) electrons. The molecule has 0 saturated heterocycles. The first-order chi connectivity index (χ1) is 15.7. The Morgan fingerprint density at radius 1 is 1.12 bits per heavy atom. The number of hydrogen-bond acceptors (Lipinski definition) is 5. The highest BCUT2D eigenvalue weighted by molar-refractivity contribution is 5.97. The summed E-state index contributed by atoms with van der Waals surface area (Å²) in [6, 6.07) is 13.1. The second-order valence-electron chi connectivity index (χ2n) is 8.53. The molecule has 2 aromatic rings. The fourth-order valence-corrected chi connectivity index (χ4v) is 3.19. The van der Waals surface area contributed by atoms with Gasteiger partial charge in [0.15, 0.2) is 0 Å². The zero-order chi connectivity index (χ0) is 24.4. The molecule has 0 aliphatic rings. The number of aliphatic imine (C=N–C) groups is 1. The van der Waals surface area contributed by atoms with Crippen LogP contribution in [-0.2, 0) is 20.9 Å². The standard InChI is InChI=1S/C26H33N3O4/c1-7-19-14-22(13-12-21(19)15-27-5)29-24(30)23(16-28-25(31)33-26(2,3)4)20-10-8-18(9-11-20)17-32-6/h7-15,23H,1,16-17H2,2-6H3,(H,28,31)(H,29,30)/b27-15-. The number of nitrogens with one attached hydrogen (secondary N) is 2. The SMILES string of the molecule is C=Cc1cc(NC(=O)C(CNC(=O)OC(C)(C)C)c2ccc(COC)cc2)ccc1/C=N\C. The first-order valence-electron chi connectivity index (χ1n) is 10.7. The fraction of sp³-hybridized carbons (Fsp3) is 0.346. The minimum atomic E-state index is -0.631. The van der Waals surface area contributed by atoms with E-state index in [2.05, 4.69) is 22.2 Å². The molecule has 0 aliphatic carbocycles. The lowest BCUT2D eigenvalue weighted by atomic mass is 9.96. The third-order valence-corrected chi connectivity index (χ3v) is 4.70. The largest absolute Gasteiger partial charge is 0.444 e. The van der Waals surface area contributed by atoms with E-state index < -0.39 is 17.6 Å². The van der Waals surface area contributed by atoms with Crippen LogP contribution in [0.25, 0.3) is 6.08 Å². The lowest BCUT2D eigenvalue weighted by Crippen LogP contribution is -2.37. The van der Waals surface area contributed by atoms with Gasteiger partial charge in [0.25, 0.3) is 0 Å². The number of hydrogen-bond donors (Lipinski definition) is 2. The highest BCUT2D eigenvalue weighted by Crippen LogP contribution is 2.22. The summed E-state index contributed by atoms with van der Waals surface area (Å²) >= 11 is 0. The van der Waals surface area contributed by atoms with Gasteiger partial charge in [-0.05, 0) is 55.2 Å². The van der Waals surface area contributed by atoms with Crippen LogP contribution in [0.3, 0.4) is 0 Å². The van der Waals surface area contributed by atoms with Gasteiger partial charge in [-0.15, -0.1) is 0 Å². The summed E-state index contributed by atoms with van der Waals surface area (Å²) in [4.78, 5) is 29.5. The van der Waals surface area contributed by atoms with Gasteiger partial charge in [-0.25, -0.2) is 4.79 Å². The van der Waals surface area contributed by atoms with Crippen molar-refractivity contribution in [2.24, 2.45) is 4.99 Å². The highest BCUT2D eigenvalue weighted by Gasteiger charge is 2.24. The molecule has 2 N–H and O–H groups in total. The van der Waals surface area contributed by atoms with Crippen LogP contribution in [0.15, 0.2) is 54.0 Å². The number of nitrogens with zero attached hydrogens (tertiary/aromatic N) is 1. The summed E-state index contributed by atoms with van der Waals surface area (Å²) in [5.74, 6) is -0.879. The number of carbonyl (C=O) groups is 2. The van der Waals surface area contributed by atoms with E-state index in [-0.39, 0.29) is 12.5 Å². The van der Waals surface area contributed by atoms with Crippen LogP contribution in [0, 0.1) is 0 Å². The molecule has 7 nitrogen and oxygen atoms in total. The fourth-order valence-electron chi connectivity index (χ4n) is 3.19. The van der Waals surface area contributed by atoms with Crippen molar-refractivity contribution in [1.82, 2.24) is 5.32 Å². The van der Waals surface area contributed by atoms with E-state index in [1.54, 1.807) is 47.2 Å². The average Bonchev–Trinajstić information content (AvgIpc) is 2.75. The predicted octanol–water partition coefficient (Wildman–Crippen LogP) is 4.77. The first-order valence-corrected chi connectivity index (χ1v) is 10.7. The number of methoxy groups -OCH3 is 1. The van der Waals surface area contributed by atoms with Crippen LogP contribution < -0.4 is 10.6 Å². The minimum absolute atomic E-state index is 0.0826. The van der Waals surface area contributed by atoms with Crippen molar-refractivity contribution in [1.29, 1.82) is 0 Å². The quantitative estimate of drug-likeness (QED) is 0.538. The number of carbonyl (C=O) groups excluding carboxylic acids is 2. The van der Waals surface area contributed by atoms with E-state index in [1.165, 1.54) is 0 Å². The second kappa shape index (κ2) is 12.0. The van der Waals surface area contributed by atoms with Crippen LogP contribution in [-0.4, -0.2) is 44.5 Å². The van der Waals surface area contributed by atoms with Crippen LogP contribution in [0.1, 0.15) is 48.9 Å². The maximum atomic E-state index is 13.3. The van der Waals surface area contributed by atoms with Gasteiger partial charge in [0, 0.05) is 32.6 Å². The third-order valence-electron chi connectivity index (χ3n) is 4.70. The molecular formula is C26H33N3O4. The molecule has 33 heavy (non-hydrogen) atoms. The minimum Gasteiger partial charge on any atom is -0.444 e. The Bertz CT molecular complexity index is 992. The molecule has 1 unspecified atom stereocenters.